The number of hydrogen-bond donors (Lipinski definition) is 1. The predicted molar refractivity (Wildman–Crippen MR) is 80.9 cm³/mol. The van der Waals surface area contributed by atoms with Crippen molar-refractivity contribution in [2.45, 2.75) is 6.04 Å². The Kier molecular flexibility index (Phi) is 4.99. The highest BCUT2D eigenvalue weighted by atomic mass is 16.5. The normalized spacial score (nSPS) is 11.4. The first-order valence-electron chi connectivity index (χ1n) is 6.51. The van der Waals surface area contributed by atoms with Gasteiger partial charge in [-0.15, -0.1) is 0 Å². The number of nitrogens with zero attached hydrogens (tertiary/aromatic N) is 4. The number of hydrogen-bond acceptors (Lipinski definition) is 4. The smallest absolute Gasteiger partial charge is 0.126 e. The zero-order valence-electron chi connectivity index (χ0n) is 11.7. The van der Waals surface area contributed by atoms with Gasteiger partial charge in [0.15, 0.2) is 0 Å². The van der Waals surface area contributed by atoms with E-state index in [1.54, 1.807) is 7.11 Å². The zero-order chi connectivity index (χ0) is 15.1. The third-order valence-corrected chi connectivity index (χ3v) is 3.20. The van der Waals surface area contributed by atoms with E-state index in [-0.39, 0.29) is 0 Å². The van der Waals surface area contributed by atoms with E-state index in [1.807, 2.05) is 36.4 Å². The highest BCUT2D eigenvalue weighted by Gasteiger charge is 2.14. The maximum Gasteiger partial charge on any atom is 0.126 e. The summed E-state index contributed by atoms with van der Waals surface area (Å²) in [6, 6.07) is 13.3. The van der Waals surface area contributed by atoms with Crippen molar-refractivity contribution in [3.8, 4) is 11.8 Å². The van der Waals surface area contributed by atoms with Crippen molar-refractivity contribution in [1.82, 2.24) is 5.32 Å². The van der Waals surface area contributed by atoms with Gasteiger partial charge in [0.05, 0.1) is 13.2 Å². The monoisotopic (exact) mass is 281 g/mol. The number of methoxy groups -OCH3 is 1. The molecule has 0 aromatic heterocycles. The van der Waals surface area contributed by atoms with Gasteiger partial charge in [-0.3, -0.25) is 5.32 Å². The molecule has 2 aromatic rings. The van der Waals surface area contributed by atoms with E-state index in [2.05, 4.69) is 21.4 Å². The molecule has 0 aliphatic heterocycles. The summed E-state index contributed by atoms with van der Waals surface area (Å²) in [4.78, 5) is 2.69. The number of ether oxygens (including phenoxy) is 1. The van der Waals surface area contributed by atoms with Crippen molar-refractivity contribution in [2.75, 3.05) is 20.2 Å². The number of nitrogens with one attached hydrogen (secondary N) is 1. The molecule has 106 valence electrons. The fraction of sp³-hybridized carbons (Fsp3) is 0.267. The maximum absolute atomic E-state index is 9.37. The van der Waals surface area contributed by atoms with Crippen LogP contribution < -0.4 is 10.1 Å². The van der Waals surface area contributed by atoms with Gasteiger partial charge in [0.2, 0.25) is 0 Å². The average molecular weight is 281 g/mol. The van der Waals surface area contributed by atoms with Crippen LogP contribution in [0.25, 0.3) is 21.2 Å². The third kappa shape index (κ3) is 3.23. The van der Waals surface area contributed by atoms with E-state index in [9.17, 15) is 5.26 Å². The van der Waals surface area contributed by atoms with Gasteiger partial charge in [-0.2, -0.15) is 5.26 Å². The summed E-state index contributed by atoms with van der Waals surface area (Å²) in [6.45, 7) is 0.755. The lowest BCUT2D eigenvalue weighted by atomic mass is 9.98. The fourth-order valence-corrected chi connectivity index (χ4v) is 2.25. The Morgan fingerprint density at radius 3 is 2.76 bits per heavy atom. The highest BCUT2D eigenvalue weighted by Crippen LogP contribution is 2.31. The molecule has 0 aliphatic carbocycles. The van der Waals surface area contributed by atoms with E-state index in [0.29, 0.717) is 13.1 Å². The molecule has 2 rings (SSSR count). The molecule has 1 N–H and O–H groups in total. The third-order valence-electron chi connectivity index (χ3n) is 3.20. The molecule has 0 fully saturated rings. The van der Waals surface area contributed by atoms with Gasteiger partial charge in [-0.05, 0) is 22.5 Å². The average Bonchev–Trinajstić information content (AvgIpc) is 2.54. The number of azide groups is 1. The Hall–Kier alpha value is -2.74. The zero-order valence-corrected chi connectivity index (χ0v) is 11.7. The van der Waals surface area contributed by atoms with Crippen molar-refractivity contribution in [3.63, 3.8) is 0 Å². The largest absolute Gasteiger partial charge is 0.496 e. The Balaban J connectivity index is 2.36. The van der Waals surface area contributed by atoms with Crippen LogP contribution in [-0.2, 0) is 0 Å². The number of benzene rings is 2. The number of fused-ring (bicyclic) bond motifs is 1. The summed E-state index contributed by atoms with van der Waals surface area (Å²) >= 11 is 0. The molecule has 0 bridgehead atoms. The maximum atomic E-state index is 9.37. The van der Waals surface area contributed by atoms with Crippen LogP contribution in [0, 0.1) is 11.3 Å². The van der Waals surface area contributed by atoms with Crippen LogP contribution in [0.2, 0.25) is 0 Å². The molecule has 0 saturated heterocycles. The van der Waals surface area contributed by atoms with Gasteiger partial charge in [0.25, 0.3) is 0 Å². The minimum atomic E-state index is -0.463. The van der Waals surface area contributed by atoms with Crippen molar-refractivity contribution in [2.24, 2.45) is 5.11 Å². The van der Waals surface area contributed by atoms with Gasteiger partial charge < -0.3 is 4.74 Å². The van der Waals surface area contributed by atoms with Crippen LogP contribution in [0.15, 0.2) is 41.5 Å². The summed E-state index contributed by atoms with van der Waals surface area (Å²) in [6.07, 6.45) is 0. The van der Waals surface area contributed by atoms with Gasteiger partial charge in [-0.1, -0.05) is 35.4 Å². The SMILES string of the molecule is COc1ccc(C(C#N)NCCN=[N+]=[N-])c2ccccc12. The van der Waals surface area contributed by atoms with Gasteiger partial charge in [0.1, 0.15) is 11.8 Å². The molecule has 1 atom stereocenters. The predicted octanol–water partition coefficient (Wildman–Crippen LogP) is 3.31. The molecule has 2 aromatic carbocycles. The number of rotatable bonds is 6. The Bertz CT molecular complexity index is 716. The molecule has 0 radical (unpaired) electrons. The second-order valence-electron chi connectivity index (χ2n) is 4.37. The van der Waals surface area contributed by atoms with Crippen molar-refractivity contribution in [3.05, 3.63) is 52.4 Å². The lowest BCUT2D eigenvalue weighted by Gasteiger charge is -2.15. The molecule has 6 nitrogen and oxygen atoms in total. The van der Waals surface area contributed by atoms with Crippen LogP contribution in [-0.4, -0.2) is 20.2 Å². The highest BCUT2D eigenvalue weighted by molar-refractivity contribution is 5.91. The van der Waals surface area contributed by atoms with Gasteiger partial charge in [0, 0.05) is 23.4 Å². The van der Waals surface area contributed by atoms with Crippen LogP contribution >= 0.6 is 0 Å². The second-order valence-corrected chi connectivity index (χ2v) is 4.37. The summed E-state index contributed by atoms with van der Waals surface area (Å²) in [5, 5.41) is 17.8. The van der Waals surface area contributed by atoms with Crippen LogP contribution in [0.1, 0.15) is 11.6 Å². The minimum absolute atomic E-state index is 0.308. The molecular formula is C15H15N5O. The summed E-state index contributed by atoms with van der Waals surface area (Å²) in [5.74, 6) is 0.778. The molecule has 6 heteroatoms. The van der Waals surface area contributed by atoms with Crippen LogP contribution in [0.4, 0.5) is 0 Å². The molecule has 0 amide bonds. The van der Waals surface area contributed by atoms with E-state index < -0.39 is 6.04 Å². The van der Waals surface area contributed by atoms with Crippen LogP contribution in [0.3, 0.4) is 0 Å². The summed E-state index contributed by atoms with van der Waals surface area (Å²) in [5.41, 5.74) is 9.14. The first kappa shape index (κ1) is 14.7. The Morgan fingerprint density at radius 2 is 2.10 bits per heavy atom. The molecule has 21 heavy (non-hydrogen) atoms. The van der Waals surface area contributed by atoms with E-state index in [0.717, 1.165) is 22.1 Å². The van der Waals surface area contributed by atoms with Crippen molar-refractivity contribution >= 4 is 10.8 Å². The van der Waals surface area contributed by atoms with Crippen molar-refractivity contribution < 1.29 is 4.74 Å². The Morgan fingerprint density at radius 1 is 1.33 bits per heavy atom. The van der Waals surface area contributed by atoms with Crippen LogP contribution in [0.5, 0.6) is 5.75 Å². The van der Waals surface area contributed by atoms with E-state index >= 15 is 0 Å². The van der Waals surface area contributed by atoms with E-state index in [4.69, 9.17) is 10.3 Å². The molecule has 0 heterocycles. The first-order chi connectivity index (χ1) is 10.3. The number of nitriles is 1. The lowest BCUT2D eigenvalue weighted by Crippen LogP contribution is -2.23. The standard InChI is InChI=1S/C15H15N5O/c1-21-15-7-6-12(11-4-2-3-5-13(11)15)14(10-16)18-8-9-19-20-17/h2-7,14,18H,8-9H2,1H3. The van der Waals surface area contributed by atoms with Gasteiger partial charge >= 0.3 is 0 Å². The first-order valence-corrected chi connectivity index (χ1v) is 6.51. The topological polar surface area (TPSA) is 93.8 Å². The van der Waals surface area contributed by atoms with E-state index in [1.165, 1.54) is 0 Å². The summed E-state index contributed by atoms with van der Waals surface area (Å²) in [7, 11) is 1.63. The second kappa shape index (κ2) is 7.15. The molecular weight excluding hydrogens is 266 g/mol. The van der Waals surface area contributed by atoms with Crippen molar-refractivity contribution in [1.29, 1.82) is 5.26 Å². The minimum Gasteiger partial charge on any atom is -0.496 e. The molecule has 1 unspecified atom stereocenters. The molecule has 0 aliphatic rings. The summed E-state index contributed by atoms with van der Waals surface area (Å²) < 4.78 is 5.35. The quantitative estimate of drug-likeness (QED) is 0.381. The molecule has 0 spiro atoms. The Labute approximate surface area is 122 Å². The van der Waals surface area contributed by atoms with Gasteiger partial charge in [-0.25, -0.2) is 0 Å². The fourth-order valence-electron chi connectivity index (χ4n) is 2.25. The molecule has 0 saturated carbocycles. The lowest BCUT2D eigenvalue weighted by molar-refractivity contribution is 0.419.